The van der Waals surface area contributed by atoms with Gasteiger partial charge in [-0.3, -0.25) is 0 Å². The number of nitrogens with two attached hydrogens (primary N) is 1. The molecule has 21 heavy (non-hydrogen) atoms. The largest absolute Gasteiger partial charge is 0.493 e. The van der Waals surface area contributed by atoms with Gasteiger partial charge in [0.25, 0.3) is 0 Å². The van der Waals surface area contributed by atoms with Crippen molar-refractivity contribution in [3.8, 4) is 11.5 Å². The molecule has 0 saturated carbocycles. The fourth-order valence-corrected chi connectivity index (χ4v) is 1.91. The van der Waals surface area contributed by atoms with Gasteiger partial charge in [-0.05, 0) is 36.8 Å². The molecule has 0 heterocycles. The number of ether oxygens (including phenoxy) is 2. The van der Waals surface area contributed by atoms with Crippen LogP contribution in [-0.4, -0.2) is 7.11 Å². The minimum Gasteiger partial charge on any atom is -0.493 e. The van der Waals surface area contributed by atoms with E-state index in [1.54, 1.807) is 18.2 Å². The predicted octanol–water partition coefficient (Wildman–Crippen LogP) is 3.57. The van der Waals surface area contributed by atoms with Crippen LogP contribution in [0.5, 0.6) is 11.5 Å². The number of hydrogen-bond acceptors (Lipinski definition) is 3. The van der Waals surface area contributed by atoms with Crippen LogP contribution in [0.4, 0.5) is 8.78 Å². The van der Waals surface area contributed by atoms with Gasteiger partial charge in [-0.2, -0.15) is 0 Å². The van der Waals surface area contributed by atoms with E-state index in [0.717, 1.165) is 5.56 Å². The lowest BCUT2D eigenvalue weighted by Gasteiger charge is -2.14. The average Bonchev–Trinajstić information content (AvgIpc) is 2.46. The molecule has 2 N–H and O–H groups in total. The van der Waals surface area contributed by atoms with Crippen LogP contribution in [-0.2, 0) is 6.61 Å². The van der Waals surface area contributed by atoms with E-state index in [4.69, 9.17) is 15.2 Å². The quantitative estimate of drug-likeness (QED) is 0.916. The minimum absolute atomic E-state index is 0.115. The van der Waals surface area contributed by atoms with Gasteiger partial charge < -0.3 is 15.2 Å². The zero-order valence-electron chi connectivity index (χ0n) is 11.9. The summed E-state index contributed by atoms with van der Waals surface area (Å²) in [5, 5.41) is 0. The van der Waals surface area contributed by atoms with Gasteiger partial charge in [0, 0.05) is 6.04 Å². The Morgan fingerprint density at radius 3 is 2.33 bits per heavy atom. The first-order valence-electron chi connectivity index (χ1n) is 6.52. The highest BCUT2D eigenvalue weighted by atomic mass is 19.1. The van der Waals surface area contributed by atoms with E-state index in [1.807, 2.05) is 6.92 Å². The lowest BCUT2D eigenvalue weighted by Crippen LogP contribution is -2.06. The molecule has 0 aromatic heterocycles. The lowest BCUT2D eigenvalue weighted by molar-refractivity contribution is 0.274. The van der Waals surface area contributed by atoms with Gasteiger partial charge in [0.1, 0.15) is 18.2 Å². The van der Waals surface area contributed by atoms with E-state index in [1.165, 1.54) is 25.3 Å². The maximum absolute atomic E-state index is 13.5. The normalized spacial score (nSPS) is 12.0. The lowest BCUT2D eigenvalue weighted by atomic mass is 10.1. The Hall–Kier alpha value is -2.14. The summed E-state index contributed by atoms with van der Waals surface area (Å²) < 4.78 is 37.8. The van der Waals surface area contributed by atoms with Crippen molar-refractivity contribution in [3.05, 3.63) is 59.2 Å². The van der Waals surface area contributed by atoms with Crippen LogP contribution in [0.3, 0.4) is 0 Å². The van der Waals surface area contributed by atoms with Crippen LogP contribution in [0.15, 0.2) is 36.4 Å². The van der Waals surface area contributed by atoms with Gasteiger partial charge in [-0.1, -0.05) is 12.1 Å². The summed E-state index contributed by atoms with van der Waals surface area (Å²) in [7, 11) is 1.50. The Morgan fingerprint density at radius 1 is 1.10 bits per heavy atom. The maximum Gasteiger partial charge on any atom is 0.161 e. The zero-order chi connectivity index (χ0) is 15.4. The van der Waals surface area contributed by atoms with E-state index in [-0.39, 0.29) is 18.2 Å². The first kappa shape index (κ1) is 15.3. The van der Waals surface area contributed by atoms with Gasteiger partial charge >= 0.3 is 0 Å². The molecule has 3 nitrogen and oxygen atoms in total. The average molecular weight is 293 g/mol. The molecule has 5 heteroatoms. The monoisotopic (exact) mass is 293 g/mol. The van der Waals surface area contributed by atoms with Crippen LogP contribution in [0, 0.1) is 11.6 Å². The number of benzene rings is 2. The molecule has 0 spiro atoms. The number of halogens is 2. The van der Waals surface area contributed by atoms with Crippen molar-refractivity contribution in [1.82, 2.24) is 0 Å². The Kier molecular flexibility index (Phi) is 4.75. The van der Waals surface area contributed by atoms with Gasteiger partial charge in [-0.15, -0.1) is 0 Å². The van der Waals surface area contributed by atoms with Gasteiger partial charge in [0.05, 0.1) is 12.7 Å². The Labute approximate surface area is 122 Å². The summed E-state index contributed by atoms with van der Waals surface area (Å²) in [6, 6.07) is 8.77. The summed E-state index contributed by atoms with van der Waals surface area (Å²) in [6.45, 7) is 1.64. The molecular formula is C16H17F2NO2. The van der Waals surface area contributed by atoms with Crippen molar-refractivity contribution >= 4 is 0 Å². The molecule has 0 amide bonds. The fraction of sp³-hybridized carbons (Fsp3) is 0.250. The third-order valence-electron chi connectivity index (χ3n) is 3.15. The molecule has 2 aromatic rings. The third kappa shape index (κ3) is 3.49. The number of hydrogen-bond donors (Lipinski definition) is 1. The molecule has 0 aliphatic rings. The van der Waals surface area contributed by atoms with Gasteiger partial charge in [0.2, 0.25) is 0 Å². The molecule has 2 aromatic carbocycles. The highest BCUT2D eigenvalue weighted by molar-refractivity contribution is 5.43. The second-order valence-corrected chi connectivity index (χ2v) is 4.69. The summed E-state index contributed by atoms with van der Waals surface area (Å²) >= 11 is 0. The summed E-state index contributed by atoms with van der Waals surface area (Å²) in [5.74, 6) is -0.395. The first-order valence-corrected chi connectivity index (χ1v) is 6.52. The molecule has 2 rings (SSSR count). The van der Waals surface area contributed by atoms with E-state index < -0.39 is 11.6 Å². The number of rotatable bonds is 5. The Balaban J connectivity index is 2.20. The Bertz CT molecular complexity index is 609. The predicted molar refractivity (Wildman–Crippen MR) is 76.3 cm³/mol. The third-order valence-corrected chi connectivity index (χ3v) is 3.15. The molecule has 0 saturated heterocycles. The van der Waals surface area contributed by atoms with Crippen LogP contribution in [0.1, 0.15) is 24.1 Å². The van der Waals surface area contributed by atoms with Gasteiger partial charge in [0.15, 0.2) is 11.5 Å². The van der Waals surface area contributed by atoms with Crippen LogP contribution in [0.25, 0.3) is 0 Å². The van der Waals surface area contributed by atoms with E-state index in [0.29, 0.717) is 11.5 Å². The summed E-state index contributed by atoms with van der Waals surface area (Å²) in [4.78, 5) is 0. The van der Waals surface area contributed by atoms with Crippen LogP contribution < -0.4 is 15.2 Å². The Morgan fingerprint density at radius 2 is 1.76 bits per heavy atom. The maximum atomic E-state index is 13.5. The topological polar surface area (TPSA) is 44.5 Å². The van der Waals surface area contributed by atoms with Crippen LogP contribution >= 0.6 is 0 Å². The van der Waals surface area contributed by atoms with Gasteiger partial charge in [-0.25, -0.2) is 8.78 Å². The summed E-state index contributed by atoms with van der Waals surface area (Å²) in [6.07, 6.45) is 0. The molecule has 0 aliphatic carbocycles. The second-order valence-electron chi connectivity index (χ2n) is 4.69. The zero-order valence-corrected chi connectivity index (χ0v) is 11.9. The second kappa shape index (κ2) is 6.54. The molecule has 1 unspecified atom stereocenters. The fourth-order valence-electron chi connectivity index (χ4n) is 1.91. The molecule has 0 aliphatic heterocycles. The smallest absolute Gasteiger partial charge is 0.161 e. The molecule has 1 atom stereocenters. The van der Waals surface area contributed by atoms with E-state index >= 15 is 0 Å². The van der Waals surface area contributed by atoms with Crippen molar-refractivity contribution in [1.29, 1.82) is 0 Å². The molecule has 0 bridgehead atoms. The molecule has 112 valence electrons. The van der Waals surface area contributed by atoms with Crippen molar-refractivity contribution in [3.63, 3.8) is 0 Å². The minimum atomic E-state index is -0.638. The molecular weight excluding hydrogens is 276 g/mol. The standard InChI is InChI=1S/C16H17F2NO2/c1-10(19)11-6-7-15(16(8-11)20-2)21-9-12-13(17)4-3-5-14(12)18/h3-8,10H,9,19H2,1-2H3. The van der Waals surface area contributed by atoms with Crippen molar-refractivity contribution in [2.75, 3.05) is 7.11 Å². The SMILES string of the molecule is COc1cc(C(C)N)ccc1OCc1c(F)cccc1F. The van der Waals surface area contributed by atoms with E-state index in [2.05, 4.69) is 0 Å². The van der Waals surface area contributed by atoms with Crippen molar-refractivity contribution in [2.24, 2.45) is 5.73 Å². The highest BCUT2D eigenvalue weighted by Gasteiger charge is 2.12. The van der Waals surface area contributed by atoms with Crippen molar-refractivity contribution < 1.29 is 18.3 Å². The van der Waals surface area contributed by atoms with Crippen LogP contribution in [0.2, 0.25) is 0 Å². The summed E-state index contributed by atoms with van der Waals surface area (Å²) in [5.41, 5.74) is 6.57. The first-order chi connectivity index (χ1) is 10.0. The molecule has 0 fully saturated rings. The number of methoxy groups -OCH3 is 1. The molecule has 0 radical (unpaired) electrons. The van der Waals surface area contributed by atoms with E-state index in [9.17, 15) is 8.78 Å². The van der Waals surface area contributed by atoms with Crippen molar-refractivity contribution in [2.45, 2.75) is 19.6 Å². The highest BCUT2D eigenvalue weighted by Crippen LogP contribution is 2.30.